The average molecular weight is 488 g/mol. The molecule has 1 aliphatic rings. The van der Waals surface area contributed by atoms with E-state index in [9.17, 15) is 4.79 Å². The third-order valence-electron chi connectivity index (χ3n) is 5.90. The highest BCUT2D eigenvalue weighted by Crippen LogP contribution is 2.35. The number of ether oxygens (including phenoxy) is 1. The van der Waals surface area contributed by atoms with Crippen molar-refractivity contribution >= 4 is 40.4 Å². The number of carbonyl (C=O) groups is 1. The molecule has 178 valence electrons. The Balaban J connectivity index is 1.50. The fraction of sp³-hybridized carbons (Fsp3) is 0.200. The summed E-state index contributed by atoms with van der Waals surface area (Å²) in [5.41, 5.74) is 12.6. The number of thiazole rings is 1. The largest absolute Gasteiger partial charge is 0.495 e. The molecule has 0 spiro atoms. The van der Waals surface area contributed by atoms with E-state index >= 15 is 0 Å². The topological polar surface area (TPSA) is 118 Å². The fourth-order valence-electron chi connectivity index (χ4n) is 4.12. The number of para-hydroxylation sites is 1. The molecule has 0 unspecified atom stereocenters. The molecule has 2 aromatic carbocycles. The van der Waals surface area contributed by atoms with Gasteiger partial charge in [0, 0.05) is 36.7 Å². The van der Waals surface area contributed by atoms with Crippen molar-refractivity contribution in [3.8, 4) is 16.2 Å². The Labute approximate surface area is 207 Å². The van der Waals surface area contributed by atoms with Crippen molar-refractivity contribution < 1.29 is 9.53 Å². The molecular formula is C25H25N7O2S. The zero-order valence-corrected chi connectivity index (χ0v) is 20.2. The van der Waals surface area contributed by atoms with Crippen LogP contribution in [0.1, 0.15) is 21.5 Å². The van der Waals surface area contributed by atoms with Crippen molar-refractivity contribution in [3.05, 3.63) is 71.0 Å². The van der Waals surface area contributed by atoms with Crippen LogP contribution in [0.15, 0.2) is 54.3 Å². The lowest BCUT2D eigenvalue weighted by Gasteiger charge is -2.26. The Morgan fingerprint density at radius 3 is 2.77 bits per heavy atom. The van der Waals surface area contributed by atoms with Crippen molar-refractivity contribution in [2.75, 3.05) is 31.3 Å². The quantitative estimate of drug-likeness (QED) is 0.355. The second-order valence-corrected chi connectivity index (χ2v) is 9.18. The Morgan fingerprint density at radius 1 is 1.14 bits per heavy atom. The van der Waals surface area contributed by atoms with Crippen LogP contribution in [0.2, 0.25) is 0 Å². The number of aromatic nitrogens is 3. The molecule has 0 fully saturated rings. The number of primary amides is 1. The Hall–Kier alpha value is -4.02. The molecule has 0 radical (unpaired) electrons. The van der Waals surface area contributed by atoms with E-state index < -0.39 is 5.91 Å². The smallest absolute Gasteiger partial charge is 0.254 e. The minimum absolute atomic E-state index is 0.189. The van der Waals surface area contributed by atoms with E-state index in [1.807, 2.05) is 24.3 Å². The van der Waals surface area contributed by atoms with Gasteiger partial charge in [0.25, 0.3) is 5.91 Å². The fourth-order valence-corrected chi connectivity index (χ4v) is 4.78. The summed E-state index contributed by atoms with van der Waals surface area (Å²) in [5, 5.41) is 6.53. The number of hydrogen-bond donors (Lipinski definition) is 3. The number of likely N-dealkylation sites (N-methyl/N-ethyl adjacent to an activating group) is 1. The molecule has 0 saturated carbocycles. The summed E-state index contributed by atoms with van der Waals surface area (Å²) in [6.45, 7) is 1.87. The second kappa shape index (κ2) is 9.69. The first kappa shape index (κ1) is 22.8. The molecule has 0 atom stereocenters. The molecule has 0 aliphatic carbocycles. The van der Waals surface area contributed by atoms with Crippen LogP contribution < -0.4 is 21.1 Å². The lowest BCUT2D eigenvalue weighted by molar-refractivity contribution is 0.100. The summed E-state index contributed by atoms with van der Waals surface area (Å²) in [4.78, 5) is 28.5. The normalized spacial score (nSPS) is 13.2. The SMILES string of the molecule is COc1cc2c(cc1Nc1ncc(C(N)=O)c(Nc3ccccc3-c3cncs3)n1)CN(C)CC2. The van der Waals surface area contributed by atoms with Gasteiger partial charge in [-0.15, -0.1) is 11.3 Å². The number of rotatable bonds is 7. The zero-order valence-electron chi connectivity index (χ0n) is 19.4. The molecule has 0 saturated heterocycles. The molecule has 1 aliphatic heterocycles. The number of nitrogens with one attached hydrogen (secondary N) is 2. The Kier molecular flexibility index (Phi) is 6.30. The van der Waals surface area contributed by atoms with Crippen LogP contribution in [0, 0.1) is 0 Å². The van der Waals surface area contributed by atoms with Crippen LogP contribution in [0.3, 0.4) is 0 Å². The summed E-state index contributed by atoms with van der Waals surface area (Å²) < 4.78 is 5.63. The van der Waals surface area contributed by atoms with E-state index in [-0.39, 0.29) is 5.56 Å². The lowest BCUT2D eigenvalue weighted by Crippen LogP contribution is -2.26. The minimum atomic E-state index is -0.622. The van der Waals surface area contributed by atoms with E-state index in [0.29, 0.717) is 17.5 Å². The van der Waals surface area contributed by atoms with Gasteiger partial charge in [-0.1, -0.05) is 18.2 Å². The van der Waals surface area contributed by atoms with Crippen molar-refractivity contribution in [3.63, 3.8) is 0 Å². The van der Waals surface area contributed by atoms with E-state index in [1.165, 1.54) is 28.7 Å². The summed E-state index contributed by atoms with van der Waals surface area (Å²) >= 11 is 1.53. The van der Waals surface area contributed by atoms with Crippen LogP contribution in [0.25, 0.3) is 10.4 Å². The van der Waals surface area contributed by atoms with Crippen molar-refractivity contribution in [1.82, 2.24) is 19.9 Å². The highest BCUT2D eigenvalue weighted by atomic mass is 32.1. The van der Waals surface area contributed by atoms with E-state index in [0.717, 1.165) is 41.3 Å². The maximum atomic E-state index is 12.1. The highest BCUT2D eigenvalue weighted by molar-refractivity contribution is 7.13. The number of benzene rings is 2. The number of carbonyl (C=O) groups excluding carboxylic acids is 1. The van der Waals surface area contributed by atoms with Crippen molar-refractivity contribution in [2.45, 2.75) is 13.0 Å². The first-order valence-electron chi connectivity index (χ1n) is 11.1. The number of hydrogen-bond acceptors (Lipinski definition) is 9. The van der Waals surface area contributed by atoms with Crippen LogP contribution in [0.5, 0.6) is 5.75 Å². The van der Waals surface area contributed by atoms with Crippen LogP contribution in [-0.2, 0) is 13.0 Å². The van der Waals surface area contributed by atoms with Crippen LogP contribution in [0.4, 0.5) is 23.1 Å². The van der Waals surface area contributed by atoms with Crippen LogP contribution >= 0.6 is 11.3 Å². The average Bonchev–Trinajstić information content (AvgIpc) is 3.39. The first-order chi connectivity index (χ1) is 17.0. The van der Waals surface area contributed by atoms with Gasteiger partial charge < -0.3 is 26.0 Å². The number of amides is 1. The van der Waals surface area contributed by atoms with Gasteiger partial charge in [0.15, 0.2) is 0 Å². The predicted molar refractivity (Wildman–Crippen MR) is 138 cm³/mol. The van der Waals surface area contributed by atoms with Gasteiger partial charge in [-0.2, -0.15) is 4.98 Å². The minimum Gasteiger partial charge on any atom is -0.495 e. The van der Waals surface area contributed by atoms with Crippen LogP contribution in [-0.4, -0.2) is 46.5 Å². The molecule has 1 amide bonds. The Bertz CT molecular complexity index is 1370. The number of anilines is 4. The third-order valence-corrected chi connectivity index (χ3v) is 6.71. The van der Waals surface area contributed by atoms with Gasteiger partial charge in [-0.25, -0.2) is 4.98 Å². The zero-order chi connectivity index (χ0) is 24.4. The van der Waals surface area contributed by atoms with Gasteiger partial charge in [0.2, 0.25) is 5.95 Å². The number of nitrogens with two attached hydrogens (primary N) is 1. The molecule has 5 rings (SSSR count). The summed E-state index contributed by atoms with van der Waals surface area (Å²) in [6, 6.07) is 11.9. The number of nitrogens with zero attached hydrogens (tertiary/aromatic N) is 4. The molecular weight excluding hydrogens is 462 g/mol. The van der Waals surface area contributed by atoms with Gasteiger partial charge >= 0.3 is 0 Å². The number of methoxy groups -OCH3 is 1. The summed E-state index contributed by atoms with van der Waals surface area (Å²) in [7, 11) is 3.75. The van der Waals surface area contributed by atoms with Crippen molar-refractivity contribution in [2.24, 2.45) is 5.73 Å². The van der Waals surface area contributed by atoms with Gasteiger partial charge in [0.1, 0.15) is 17.1 Å². The predicted octanol–water partition coefficient (Wildman–Crippen LogP) is 4.18. The van der Waals surface area contributed by atoms with Gasteiger partial charge in [-0.3, -0.25) is 9.78 Å². The summed E-state index contributed by atoms with van der Waals surface area (Å²) in [5.74, 6) is 0.712. The summed E-state index contributed by atoms with van der Waals surface area (Å²) in [6.07, 6.45) is 4.19. The molecule has 4 N–H and O–H groups in total. The highest BCUT2D eigenvalue weighted by Gasteiger charge is 2.19. The van der Waals surface area contributed by atoms with Crippen molar-refractivity contribution in [1.29, 1.82) is 0 Å². The maximum absolute atomic E-state index is 12.1. The molecule has 2 aromatic heterocycles. The number of fused-ring (bicyclic) bond motifs is 1. The monoisotopic (exact) mass is 487 g/mol. The first-order valence-corrected chi connectivity index (χ1v) is 12.0. The molecule has 0 bridgehead atoms. The molecule has 3 heterocycles. The maximum Gasteiger partial charge on any atom is 0.254 e. The van der Waals surface area contributed by atoms with E-state index in [1.54, 1.807) is 18.8 Å². The second-order valence-electron chi connectivity index (χ2n) is 8.29. The van der Waals surface area contributed by atoms with E-state index in [4.69, 9.17) is 10.5 Å². The Morgan fingerprint density at radius 2 is 2.00 bits per heavy atom. The standard InChI is InChI=1S/C25H25N7O2S/c1-32-8-7-15-10-21(34-2)20(9-16(15)13-32)30-25-28-11-18(23(26)33)24(31-25)29-19-6-4-3-5-17(19)22-12-27-14-35-22/h3-6,9-12,14H,7-8,13H2,1-2H3,(H2,26,33)(H2,28,29,30,31). The molecule has 10 heteroatoms. The molecule has 4 aromatic rings. The molecule has 9 nitrogen and oxygen atoms in total. The van der Waals surface area contributed by atoms with Gasteiger partial charge in [0.05, 0.1) is 23.2 Å². The molecule has 35 heavy (non-hydrogen) atoms. The van der Waals surface area contributed by atoms with Gasteiger partial charge in [-0.05, 0) is 42.8 Å². The van der Waals surface area contributed by atoms with E-state index in [2.05, 4.69) is 49.7 Å². The lowest BCUT2D eigenvalue weighted by atomic mass is 9.99. The third kappa shape index (κ3) is 4.79.